The number of benzene rings is 2. The number of nitrogens with one attached hydrogen (secondary N) is 3. The van der Waals surface area contributed by atoms with Gasteiger partial charge >= 0.3 is 18.2 Å². The number of nitrogens with two attached hydrogens (primary N) is 2. The van der Waals surface area contributed by atoms with Crippen LogP contribution in [0.4, 0.5) is 9.59 Å². The standard InChI is InChI=1S/C37H55N7O8/c1-2-14-34(47)52-31(19-9-10-21-41-35(38)39)25-32(45)43-26-33(46)40-20-11-12-23-44(37(49)51-28-30-17-7-4-8-18-30)24-13-22-42-36(48)50-27-29-15-5-3-6-16-29/h3-8,15-18,31H,2,9-14,19-28H2,1H3,(H,40,46)(H,42,48)(H,43,45)(H4,38,39,41). The number of rotatable bonds is 25. The van der Waals surface area contributed by atoms with Gasteiger partial charge in [0.1, 0.15) is 19.3 Å². The lowest BCUT2D eigenvalue weighted by atomic mass is 10.1. The van der Waals surface area contributed by atoms with Gasteiger partial charge in [-0.25, -0.2) is 9.59 Å². The molecule has 1 atom stereocenters. The van der Waals surface area contributed by atoms with Crippen molar-refractivity contribution in [3.63, 3.8) is 0 Å². The summed E-state index contributed by atoms with van der Waals surface area (Å²) >= 11 is 0. The zero-order chi connectivity index (χ0) is 37.8. The average Bonchev–Trinajstić information content (AvgIpc) is 3.13. The van der Waals surface area contributed by atoms with Crippen LogP contribution in [0, 0.1) is 0 Å². The van der Waals surface area contributed by atoms with Crippen LogP contribution in [0.15, 0.2) is 65.7 Å². The Morgan fingerprint density at radius 1 is 0.750 bits per heavy atom. The molecule has 15 heteroatoms. The van der Waals surface area contributed by atoms with E-state index >= 15 is 0 Å². The highest BCUT2D eigenvalue weighted by Crippen LogP contribution is 2.12. The third-order valence-corrected chi connectivity index (χ3v) is 7.57. The maximum atomic E-state index is 12.9. The fourth-order valence-electron chi connectivity index (χ4n) is 4.86. The predicted octanol–water partition coefficient (Wildman–Crippen LogP) is 3.50. The Morgan fingerprint density at radius 3 is 2.04 bits per heavy atom. The van der Waals surface area contributed by atoms with Crippen molar-refractivity contribution in [2.75, 3.05) is 39.3 Å². The molecule has 0 spiro atoms. The number of nitrogens with zero attached hydrogens (tertiary/aromatic N) is 2. The van der Waals surface area contributed by atoms with E-state index in [1.165, 1.54) is 0 Å². The minimum absolute atomic E-state index is 0.00477. The van der Waals surface area contributed by atoms with E-state index in [4.69, 9.17) is 25.7 Å². The van der Waals surface area contributed by atoms with E-state index in [1.807, 2.05) is 67.6 Å². The summed E-state index contributed by atoms with van der Waals surface area (Å²) < 4.78 is 16.2. The van der Waals surface area contributed by atoms with Gasteiger partial charge in [0.2, 0.25) is 11.8 Å². The molecular weight excluding hydrogens is 670 g/mol. The number of guanidine groups is 1. The summed E-state index contributed by atoms with van der Waals surface area (Å²) in [5.41, 5.74) is 12.4. The van der Waals surface area contributed by atoms with Gasteiger partial charge in [-0.2, -0.15) is 0 Å². The second-order valence-corrected chi connectivity index (χ2v) is 12.1. The van der Waals surface area contributed by atoms with Crippen LogP contribution >= 0.6 is 0 Å². The third kappa shape index (κ3) is 21.0. The topological polar surface area (TPSA) is 217 Å². The number of amides is 4. The van der Waals surface area contributed by atoms with Gasteiger partial charge < -0.3 is 46.5 Å². The Bertz CT molecular complexity index is 1370. The fraction of sp³-hybridized carbons (Fsp3) is 0.514. The minimum atomic E-state index is -0.618. The normalized spacial score (nSPS) is 11.0. The lowest BCUT2D eigenvalue weighted by Gasteiger charge is -2.22. The molecule has 52 heavy (non-hydrogen) atoms. The number of alkyl carbamates (subject to hydrolysis) is 1. The molecule has 0 fully saturated rings. The predicted molar refractivity (Wildman–Crippen MR) is 197 cm³/mol. The van der Waals surface area contributed by atoms with Crippen LogP contribution in [0.2, 0.25) is 0 Å². The number of carbonyl (C=O) groups excluding carboxylic acids is 5. The second-order valence-electron chi connectivity index (χ2n) is 12.1. The molecule has 15 nitrogen and oxygen atoms in total. The van der Waals surface area contributed by atoms with Crippen LogP contribution in [0.3, 0.4) is 0 Å². The summed E-state index contributed by atoms with van der Waals surface area (Å²) in [6, 6.07) is 18.7. The highest BCUT2D eigenvalue weighted by molar-refractivity contribution is 5.85. The van der Waals surface area contributed by atoms with Crippen LogP contribution < -0.4 is 27.4 Å². The molecule has 2 aromatic carbocycles. The van der Waals surface area contributed by atoms with Crippen LogP contribution in [0.5, 0.6) is 0 Å². The summed E-state index contributed by atoms with van der Waals surface area (Å²) in [4.78, 5) is 67.6. The van der Waals surface area contributed by atoms with Gasteiger partial charge in [-0.15, -0.1) is 0 Å². The van der Waals surface area contributed by atoms with Crippen molar-refractivity contribution in [1.29, 1.82) is 0 Å². The first-order chi connectivity index (χ1) is 25.2. The van der Waals surface area contributed by atoms with Crippen LogP contribution in [0.25, 0.3) is 0 Å². The molecule has 0 aliphatic carbocycles. The Kier molecular flexibility index (Phi) is 21.8. The second kappa shape index (κ2) is 26.5. The SMILES string of the molecule is CCCC(=O)OC(CCCCN=C(N)N)CC(=O)NCC(=O)NCCCCN(CCCNC(=O)OCc1ccccc1)C(=O)OCc1ccccc1. The molecule has 4 amide bonds. The van der Waals surface area contributed by atoms with Gasteiger partial charge in [0.25, 0.3) is 0 Å². The van der Waals surface area contributed by atoms with Crippen molar-refractivity contribution in [1.82, 2.24) is 20.9 Å². The maximum absolute atomic E-state index is 12.9. The number of unbranched alkanes of at least 4 members (excludes halogenated alkanes) is 2. The van der Waals surface area contributed by atoms with E-state index in [0.29, 0.717) is 77.7 Å². The van der Waals surface area contributed by atoms with Gasteiger partial charge in [-0.05, 0) is 56.1 Å². The van der Waals surface area contributed by atoms with Crippen molar-refractivity contribution >= 4 is 35.9 Å². The third-order valence-electron chi connectivity index (χ3n) is 7.57. The van der Waals surface area contributed by atoms with Crippen molar-refractivity contribution in [2.24, 2.45) is 16.5 Å². The van der Waals surface area contributed by atoms with E-state index in [2.05, 4.69) is 20.9 Å². The zero-order valence-corrected chi connectivity index (χ0v) is 30.2. The van der Waals surface area contributed by atoms with Gasteiger partial charge in [0.05, 0.1) is 13.0 Å². The van der Waals surface area contributed by atoms with Crippen molar-refractivity contribution in [2.45, 2.75) is 84.0 Å². The van der Waals surface area contributed by atoms with Crippen LogP contribution in [-0.2, 0) is 41.8 Å². The molecule has 0 bridgehead atoms. The quantitative estimate of drug-likeness (QED) is 0.0330. The van der Waals surface area contributed by atoms with Gasteiger partial charge in [0.15, 0.2) is 5.96 Å². The number of esters is 1. The smallest absolute Gasteiger partial charge is 0.410 e. The first kappa shape index (κ1) is 42.8. The van der Waals surface area contributed by atoms with E-state index in [1.54, 1.807) is 4.90 Å². The van der Waals surface area contributed by atoms with Crippen molar-refractivity contribution in [3.8, 4) is 0 Å². The van der Waals surface area contributed by atoms with Crippen molar-refractivity contribution in [3.05, 3.63) is 71.8 Å². The van der Waals surface area contributed by atoms with E-state index in [9.17, 15) is 24.0 Å². The van der Waals surface area contributed by atoms with Crippen LogP contribution in [-0.4, -0.2) is 86.2 Å². The van der Waals surface area contributed by atoms with E-state index in [-0.39, 0.29) is 50.4 Å². The maximum Gasteiger partial charge on any atom is 0.410 e. The number of aliphatic imine (C=N–C) groups is 1. The number of hydrogen-bond acceptors (Lipinski definition) is 9. The van der Waals surface area contributed by atoms with Gasteiger partial charge in [-0.1, -0.05) is 67.6 Å². The molecule has 2 rings (SSSR count). The molecule has 0 heterocycles. The number of hydrogen-bond donors (Lipinski definition) is 5. The van der Waals surface area contributed by atoms with E-state index < -0.39 is 24.2 Å². The Labute approximate surface area is 306 Å². The molecule has 286 valence electrons. The molecule has 2 aromatic rings. The molecule has 0 aliphatic rings. The molecule has 0 saturated heterocycles. The average molecular weight is 726 g/mol. The largest absolute Gasteiger partial charge is 0.462 e. The molecule has 1 unspecified atom stereocenters. The molecule has 0 aromatic heterocycles. The van der Waals surface area contributed by atoms with Crippen molar-refractivity contribution < 1.29 is 38.2 Å². The Balaban J connectivity index is 1.73. The monoisotopic (exact) mass is 725 g/mol. The highest BCUT2D eigenvalue weighted by Gasteiger charge is 2.19. The first-order valence-electron chi connectivity index (χ1n) is 17.8. The fourth-order valence-corrected chi connectivity index (χ4v) is 4.86. The number of ether oxygens (including phenoxy) is 3. The Morgan fingerprint density at radius 2 is 1.38 bits per heavy atom. The summed E-state index contributed by atoms with van der Waals surface area (Å²) in [5, 5.41) is 8.05. The molecule has 0 saturated carbocycles. The van der Waals surface area contributed by atoms with Gasteiger partial charge in [0, 0.05) is 39.1 Å². The summed E-state index contributed by atoms with van der Waals surface area (Å²) in [5.74, 6) is -1.14. The highest BCUT2D eigenvalue weighted by atomic mass is 16.6. The van der Waals surface area contributed by atoms with Gasteiger partial charge in [-0.3, -0.25) is 19.4 Å². The summed E-state index contributed by atoms with van der Waals surface area (Å²) in [6.45, 7) is 3.73. The molecule has 0 aliphatic heterocycles. The molecular formula is C37H55N7O8. The summed E-state index contributed by atoms with van der Waals surface area (Å²) in [6.07, 6.45) is 2.59. The van der Waals surface area contributed by atoms with E-state index in [0.717, 1.165) is 11.1 Å². The zero-order valence-electron chi connectivity index (χ0n) is 30.2. The Hall–Kier alpha value is -5.34. The number of carbonyl (C=O) groups is 5. The lowest BCUT2D eigenvalue weighted by molar-refractivity contribution is -0.151. The summed E-state index contributed by atoms with van der Waals surface area (Å²) in [7, 11) is 0. The first-order valence-corrected chi connectivity index (χ1v) is 17.8. The molecule has 0 radical (unpaired) electrons. The van der Waals surface area contributed by atoms with Crippen LogP contribution in [0.1, 0.15) is 75.8 Å². The molecule has 7 N–H and O–H groups in total. The minimum Gasteiger partial charge on any atom is -0.462 e. The lowest BCUT2D eigenvalue weighted by Crippen LogP contribution is -2.39.